The fourth-order valence-corrected chi connectivity index (χ4v) is 4.75. The largest absolute Gasteiger partial charge is 0.504 e. The van der Waals surface area contributed by atoms with Gasteiger partial charge in [0.05, 0.1) is 17.6 Å². The molecule has 26 heavy (non-hydrogen) atoms. The summed E-state index contributed by atoms with van der Waals surface area (Å²) in [5.41, 5.74) is 1.38. The van der Waals surface area contributed by atoms with Crippen molar-refractivity contribution >= 4 is 42.2 Å². The Hall–Kier alpha value is -2.38. The van der Waals surface area contributed by atoms with Crippen LogP contribution in [0.4, 0.5) is 15.9 Å². The zero-order valence-corrected chi connectivity index (χ0v) is 16.7. The minimum Gasteiger partial charge on any atom is -0.504 e. The maximum atomic E-state index is 13.6. The minimum atomic E-state index is -2.02. The van der Waals surface area contributed by atoms with E-state index in [4.69, 9.17) is 16.3 Å². The van der Waals surface area contributed by atoms with E-state index in [1.54, 1.807) is 24.3 Å². The molecule has 0 radical (unpaired) electrons. The summed E-state index contributed by atoms with van der Waals surface area (Å²) in [7, 11) is -0.532. The molecule has 0 fully saturated rings. The van der Waals surface area contributed by atoms with Gasteiger partial charge in [0, 0.05) is 17.1 Å². The summed E-state index contributed by atoms with van der Waals surface area (Å²) in [4.78, 5) is 8.74. The van der Waals surface area contributed by atoms with Crippen LogP contribution in [0.1, 0.15) is 0 Å². The van der Waals surface area contributed by atoms with Crippen LogP contribution >= 0.6 is 11.6 Å². The number of hydrogen-bond acceptors (Lipinski definition) is 5. The number of halogens is 2. The van der Waals surface area contributed by atoms with Crippen molar-refractivity contribution < 1.29 is 14.2 Å². The van der Waals surface area contributed by atoms with Crippen LogP contribution in [0, 0.1) is 5.82 Å². The summed E-state index contributed by atoms with van der Waals surface area (Å²) in [6, 6.07) is 7.86. The second kappa shape index (κ2) is 6.73. The Bertz CT molecular complexity index is 979. The van der Waals surface area contributed by atoms with Crippen LogP contribution in [-0.2, 0) is 0 Å². The fourth-order valence-electron chi connectivity index (χ4n) is 2.85. The second-order valence-electron chi connectivity index (χ2n) is 6.84. The molecule has 0 spiro atoms. The highest BCUT2D eigenvalue weighted by Crippen LogP contribution is 2.39. The third-order valence-corrected chi connectivity index (χ3v) is 6.06. The summed E-state index contributed by atoms with van der Waals surface area (Å²) in [6.07, 6.45) is 1.46. The van der Waals surface area contributed by atoms with Crippen molar-refractivity contribution in [3.05, 3.63) is 47.5 Å². The molecule has 0 aliphatic carbocycles. The topological polar surface area (TPSA) is 58.5 Å². The van der Waals surface area contributed by atoms with Gasteiger partial charge in [-0.05, 0) is 24.3 Å². The zero-order valence-electron chi connectivity index (χ0n) is 14.9. The molecule has 0 aliphatic heterocycles. The molecule has 2 aromatic carbocycles. The van der Waals surface area contributed by atoms with Crippen LogP contribution in [0.2, 0.25) is 24.7 Å². The van der Waals surface area contributed by atoms with Crippen LogP contribution < -0.4 is 9.30 Å². The summed E-state index contributed by atoms with van der Waals surface area (Å²) < 4.78 is 20.9. The Morgan fingerprint density at radius 2 is 1.88 bits per heavy atom. The smallest absolute Gasteiger partial charge is 0.162 e. The fraction of sp³-hybridized carbons (Fsp3) is 0.222. The molecule has 0 amide bonds. The second-order valence-corrected chi connectivity index (χ2v) is 12.0. The number of hydrogen-bond donors (Lipinski definition) is 1. The number of ether oxygens (including phenoxy) is 1. The molecule has 5 nitrogen and oxygen atoms in total. The van der Waals surface area contributed by atoms with Crippen molar-refractivity contribution in [2.45, 2.75) is 19.6 Å². The number of benzene rings is 2. The first kappa shape index (κ1) is 18.4. The van der Waals surface area contributed by atoms with Crippen molar-refractivity contribution in [2.75, 3.05) is 11.7 Å². The molecular weight excluding hydrogens is 373 g/mol. The quantitative estimate of drug-likeness (QED) is 0.626. The Kier molecular flexibility index (Phi) is 4.77. The molecule has 3 rings (SSSR count). The minimum absolute atomic E-state index is 0.00344. The predicted molar refractivity (Wildman–Crippen MR) is 105 cm³/mol. The van der Waals surface area contributed by atoms with Gasteiger partial charge < -0.3 is 14.4 Å². The Morgan fingerprint density at radius 3 is 2.50 bits per heavy atom. The van der Waals surface area contributed by atoms with Gasteiger partial charge in [0.25, 0.3) is 0 Å². The van der Waals surface area contributed by atoms with Crippen LogP contribution in [0.15, 0.2) is 36.7 Å². The molecule has 0 saturated heterocycles. The van der Waals surface area contributed by atoms with Crippen molar-refractivity contribution in [3.63, 3.8) is 0 Å². The number of phenols is 1. The number of rotatable bonds is 4. The molecule has 0 unspecified atom stereocenters. The van der Waals surface area contributed by atoms with Gasteiger partial charge in [0.15, 0.2) is 19.7 Å². The van der Waals surface area contributed by atoms with Crippen LogP contribution in [0.3, 0.4) is 0 Å². The third kappa shape index (κ3) is 3.32. The van der Waals surface area contributed by atoms with Crippen LogP contribution in [0.5, 0.6) is 11.5 Å². The van der Waals surface area contributed by atoms with Gasteiger partial charge in [-0.15, -0.1) is 0 Å². The molecule has 1 heterocycles. The summed E-state index contributed by atoms with van der Waals surface area (Å²) in [6.45, 7) is 6.42. The normalized spacial score (nSPS) is 11.6. The lowest BCUT2D eigenvalue weighted by Crippen LogP contribution is -2.43. The van der Waals surface area contributed by atoms with Crippen LogP contribution in [0.25, 0.3) is 10.9 Å². The van der Waals surface area contributed by atoms with Gasteiger partial charge in [0.1, 0.15) is 18.0 Å². The van der Waals surface area contributed by atoms with E-state index in [1.165, 1.54) is 19.5 Å². The van der Waals surface area contributed by atoms with E-state index in [1.807, 2.05) is 0 Å². The number of methoxy groups -OCH3 is 1. The molecule has 1 N–H and O–H groups in total. The van der Waals surface area contributed by atoms with Gasteiger partial charge in [0.2, 0.25) is 0 Å². The molecule has 3 aromatic rings. The number of phenolic OH excluding ortho intramolecular Hbond substituents is 1. The van der Waals surface area contributed by atoms with E-state index < -0.39 is 14.1 Å². The molecule has 0 aliphatic rings. The highest BCUT2D eigenvalue weighted by molar-refractivity contribution is 6.81. The van der Waals surface area contributed by atoms with E-state index in [9.17, 15) is 9.50 Å². The number of fused-ring (bicyclic) bond motifs is 1. The highest BCUT2D eigenvalue weighted by Gasteiger charge is 2.29. The molecule has 136 valence electrons. The van der Waals surface area contributed by atoms with E-state index in [0.717, 1.165) is 5.69 Å². The van der Waals surface area contributed by atoms with E-state index in [0.29, 0.717) is 22.5 Å². The summed E-state index contributed by atoms with van der Waals surface area (Å²) >= 11 is 6.00. The Morgan fingerprint density at radius 1 is 1.15 bits per heavy atom. The molecule has 0 atom stereocenters. The standard InChI is InChI=1S/C18H19ClFN3O2Si/c1-25-17-9-15-12(8-16(17)24)18(22-10-21-15)23(26(2,3)4)11-5-6-14(20)13(19)7-11/h5-10,24H,1-4H3. The van der Waals surface area contributed by atoms with E-state index in [-0.39, 0.29) is 10.8 Å². The first-order chi connectivity index (χ1) is 12.2. The van der Waals surface area contributed by atoms with Gasteiger partial charge >= 0.3 is 0 Å². The third-order valence-electron chi connectivity index (χ3n) is 3.96. The Balaban J connectivity index is 2.28. The number of anilines is 2. The molecule has 1 aromatic heterocycles. The van der Waals surface area contributed by atoms with Crippen LogP contribution in [-0.4, -0.2) is 30.4 Å². The lowest BCUT2D eigenvalue weighted by atomic mass is 10.2. The number of nitrogens with zero attached hydrogens (tertiary/aromatic N) is 3. The van der Waals surface area contributed by atoms with Gasteiger partial charge in [-0.3, -0.25) is 0 Å². The lowest BCUT2D eigenvalue weighted by Gasteiger charge is -2.36. The lowest BCUT2D eigenvalue weighted by molar-refractivity contribution is 0.374. The van der Waals surface area contributed by atoms with E-state index >= 15 is 0 Å². The van der Waals surface area contributed by atoms with Gasteiger partial charge in [-0.2, -0.15) is 0 Å². The first-order valence-electron chi connectivity index (χ1n) is 7.99. The number of aromatic hydroxyl groups is 1. The first-order valence-corrected chi connectivity index (χ1v) is 11.8. The van der Waals surface area contributed by atoms with Crippen molar-refractivity contribution in [1.82, 2.24) is 9.97 Å². The van der Waals surface area contributed by atoms with Crippen molar-refractivity contribution in [2.24, 2.45) is 0 Å². The predicted octanol–water partition coefficient (Wildman–Crippen LogP) is 5.11. The zero-order chi connectivity index (χ0) is 19.1. The molecular formula is C18H19ClFN3O2Si. The average molecular weight is 392 g/mol. The maximum absolute atomic E-state index is 13.6. The van der Waals surface area contributed by atoms with Gasteiger partial charge in [-0.1, -0.05) is 31.2 Å². The average Bonchev–Trinajstić information content (AvgIpc) is 2.57. The van der Waals surface area contributed by atoms with Gasteiger partial charge in [-0.25, -0.2) is 14.4 Å². The molecule has 0 bridgehead atoms. The van der Waals surface area contributed by atoms with Crippen molar-refractivity contribution in [3.8, 4) is 11.5 Å². The maximum Gasteiger partial charge on any atom is 0.162 e. The summed E-state index contributed by atoms with van der Waals surface area (Å²) in [5.74, 6) is 0.505. The summed E-state index contributed by atoms with van der Waals surface area (Å²) in [5, 5.41) is 10.9. The SMILES string of the molecule is COc1cc2ncnc(N(c3ccc(F)c(Cl)c3)[Si](C)(C)C)c2cc1O. The monoisotopic (exact) mass is 391 g/mol. The molecule has 8 heteroatoms. The number of aromatic nitrogens is 2. The van der Waals surface area contributed by atoms with E-state index in [2.05, 4.69) is 34.2 Å². The Labute approximate surface area is 157 Å². The highest BCUT2D eigenvalue weighted by atomic mass is 35.5. The van der Waals surface area contributed by atoms with Crippen molar-refractivity contribution in [1.29, 1.82) is 0 Å². The molecule has 0 saturated carbocycles.